The van der Waals surface area contributed by atoms with Crippen molar-refractivity contribution in [1.29, 1.82) is 0 Å². The number of nitrogens with one attached hydrogen (secondary N) is 1. The minimum absolute atomic E-state index is 0.229. The zero-order valence-electron chi connectivity index (χ0n) is 15.8. The number of piperazine rings is 1. The third-order valence-electron chi connectivity index (χ3n) is 4.87. The van der Waals surface area contributed by atoms with Crippen LogP contribution in [0, 0.1) is 5.82 Å². The summed E-state index contributed by atoms with van der Waals surface area (Å²) in [5.41, 5.74) is 2.27. The highest BCUT2D eigenvalue weighted by Crippen LogP contribution is 2.19. The van der Waals surface area contributed by atoms with E-state index in [4.69, 9.17) is 0 Å². The number of benzene rings is 1. The Hall–Kier alpha value is -3.55. The third kappa shape index (κ3) is 4.66. The first kappa shape index (κ1) is 18.8. The summed E-state index contributed by atoms with van der Waals surface area (Å²) in [6.07, 6.45) is 6.51. The Morgan fingerprint density at radius 3 is 2.28 bits per heavy atom. The Labute approximate surface area is 168 Å². The van der Waals surface area contributed by atoms with Crippen LogP contribution in [0.15, 0.2) is 61.2 Å². The molecule has 3 heterocycles. The summed E-state index contributed by atoms with van der Waals surface area (Å²) in [5.74, 6) is 0.254. The van der Waals surface area contributed by atoms with Crippen LogP contribution in [0.25, 0.3) is 0 Å². The fourth-order valence-corrected chi connectivity index (χ4v) is 3.22. The molecule has 7 nitrogen and oxygen atoms in total. The molecule has 2 aromatic heterocycles. The van der Waals surface area contributed by atoms with Crippen molar-refractivity contribution in [3.05, 3.63) is 78.3 Å². The molecule has 1 aromatic carbocycles. The van der Waals surface area contributed by atoms with Gasteiger partial charge in [-0.1, -0.05) is 0 Å². The van der Waals surface area contributed by atoms with E-state index in [1.165, 1.54) is 18.3 Å². The third-order valence-corrected chi connectivity index (χ3v) is 4.87. The van der Waals surface area contributed by atoms with Crippen LogP contribution in [0.3, 0.4) is 0 Å². The summed E-state index contributed by atoms with van der Waals surface area (Å²) in [7, 11) is 0. The van der Waals surface area contributed by atoms with Crippen LogP contribution in [0.2, 0.25) is 0 Å². The Morgan fingerprint density at radius 2 is 1.62 bits per heavy atom. The van der Waals surface area contributed by atoms with E-state index in [2.05, 4.69) is 30.1 Å². The molecular weight excluding hydrogens is 371 g/mol. The summed E-state index contributed by atoms with van der Waals surface area (Å²) in [6, 6.07) is 10.2. The summed E-state index contributed by atoms with van der Waals surface area (Å²) in [6.45, 7) is 3.58. The number of pyridine rings is 1. The summed E-state index contributed by atoms with van der Waals surface area (Å²) < 4.78 is 13.1. The predicted octanol–water partition coefficient (Wildman–Crippen LogP) is 2.27. The Bertz CT molecular complexity index is 941. The summed E-state index contributed by atoms with van der Waals surface area (Å²) >= 11 is 0. The number of amides is 1. The molecule has 4 rings (SSSR count). The van der Waals surface area contributed by atoms with Crippen LogP contribution in [-0.4, -0.2) is 47.0 Å². The fraction of sp³-hybridized carbons (Fsp3) is 0.238. The van der Waals surface area contributed by atoms with E-state index in [1.807, 2.05) is 12.1 Å². The number of carbonyl (C=O) groups excluding carboxylic acids is 1. The van der Waals surface area contributed by atoms with Crippen LogP contribution < -0.4 is 15.1 Å². The molecule has 0 spiro atoms. The van der Waals surface area contributed by atoms with E-state index in [-0.39, 0.29) is 17.4 Å². The zero-order valence-corrected chi connectivity index (χ0v) is 15.8. The van der Waals surface area contributed by atoms with Gasteiger partial charge in [-0.05, 0) is 42.0 Å². The van der Waals surface area contributed by atoms with Crippen molar-refractivity contribution in [2.24, 2.45) is 0 Å². The molecule has 1 amide bonds. The molecule has 1 aliphatic rings. The van der Waals surface area contributed by atoms with Gasteiger partial charge in [-0.2, -0.15) is 0 Å². The lowest BCUT2D eigenvalue weighted by atomic mass is 10.2. The van der Waals surface area contributed by atoms with Crippen LogP contribution in [0.1, 0.15) is 16.1 Å². The van der Waals surface area contributed by atoms with Gasteiger partial charge in [0.05, 0.1) is 12.4 Å². The highest BCUT2D eigenvalue weighted by Gasteiger charge is 2.19. The monoisotopic (exact) mass is 392 g/mol. The molecule has 0 radical (unpaired) electrons. The molecule has 0 bridgehead atoms. The molecule has 1 saturated heterocycles. The minimum atomic E-state index is -0.262. The molecule has 1 N–H and O–H groups in total. The molecule has 1 aliphatic heterocycles. The molecule has 0 aliphatic carbocycles. The minimum Gasteiger partial charge on any atom is -0.368 e. The van der Waals surface area contributed by atoms with Crippen molar-refractivity contribution in [1.82, 2.24) is 20.3 Å². The average Bonchev–Trinajstić information content (AvgIpc) is 2.79. The molecule has 3 aromatic rings. The first-order chi connectivity index (χ1) is 14.2. The van der Waals surface area contributed by atoms with Crippen LogP contribution in [0.5, 0.6) is 0 Å². The lowest BCUT2D eigenvalue weighted by Gasteiger charge is -2.36. The van der Waals surface area contributed by atoms with Gasteiger partial charge in [0.2, 0.25) is 0 Å². The van der Waals surface area contributed by atoms with Gasteiger partial charge >= 0.3 is 0 Å². The van der Waals surface area contributed by atoms with Crippen LogP contribution >= 0.6 is 0 Å². The predicted molar refractivity (Wildman–Crippen MR) is 108 cm³/mol. The van der Waals surface area contributed by atoms with Gasteiger partial charge in [-0.25, -0.2) is 14.4 Å². The second-order valence-electron chi connectivity index (χ2n) is 6.75. The zero-order chi connectivity index (χ0) is 20.1. The number of aromatic nitrogens is 3. The smallest absolute Gasteiger partial charge is 0.271 e. The van der Waals surface area contributed by atoms with E-state index >= 15 is 0 Å². The summed E-state index contributed by atoms with van der Waals surface area (Å²) in [5, 5.41) is 2.83. The highest BCUT2D eigenvalue weighted by atomic mass is 19.1. The van der Waals surface area contributed by atoms with Gasteiger partial charge in [0, 0.05) is 50.8 Å². The maximum absolute atomic E-state index is 13.1. The quantitative estimate of drug-likeness (QED) is 0.718. The van der Waals surface area contributed by atoms with Crippen LogP contribution in [0.4, 0.5) is 15.9 Å². The second-order valence-corrected chi connectivity index (χ2v) is 6.75. The topological polar surface area (TPSA) is 74.2 Å². The first-order valence-corrected chi connectivity index (χ1v) is 9.44. The molecule has 148 valence electrons. The fourth-order valence-electron chi connectivity index (χ4n) is 3.22. The van der Waals surface area contributed by atoms with Crippen molar-refractivity contribution in [3.8, 4) is 0 Å². The standard InChI is InChI=1S/C21H21FN6O/c22-17-1-3-18(4-2-17)27-9-11-28(12-10-27)20-15-24-19(14-25-20)21(29)26-13-16-5-7-23-8-6-16/h1-8,14-15H,9-13H2,(H,26,29). The number of halogens is 1. The molecule has 0 atom stereocenters. The Kier molecular flexibility index (Phi) is 5.60. The largest absolute Gasteiger partial charge is 0.368 e. The van der Waals surface area contributed by atoms with Gasteiger partial charge in [0.25, 0.3) is 5.91 Å². The van der Waals surface area contributed by atoms with Gasteiger partial charge in [0.1, 0.15) is 17.3 Å². The molecule has 0 saturated carbocycles. The molecular formula is C21H21FN6O. The van der Waals surface area contributed by atoms with Crippen molar-refractivity contribution < 1.29 is 9.18 Å². The Balaban J connectivity index is 1.31. The maximum Gasteiger partial charge on any atom is 0.271 e. The normalized spacial score (nSPS) is 14.0. The van der Waals surface area contributed by atoms with E-state index in [0.29, 0.717) is 6.54 Å². The number of rotatable bonds is 5. The molecule has 0 unspecified atom stereocenters. The van der Waals surface area contributed by atoms with E-state index in [1.54, 1.807) is 30.7 Å². The van der Waals surface area contributed by atoms with Gasteiger partial charge in [-0.15, -0.1) is 0 Å². The number of hydrogen-bond donors (Lipinski definition) is 1. The summed E-state index contributed by atoms with van der Waals surface area (Å²) in [4.78, 5) is 29.2. The lowest BCUT2D eigenvalue weighted by molar-refractivity contribution is 0.0945. The van der Waals surface area contributed by atoms with E-state index in [0.717, 1.165) is 43.2 Å². The number of hydrogen-bond acceptors (Lipinski definition) is 6. The average molecular weight is 392 g/mol. The highest BCUT2D eigenvalue weighted by molar-refractivity contribution is 5.91. The maximum atomic E-state index is 13.1. The van der Waals surface area contributed by atoms with Crippen molar-refractivity contribution >= 4 is 17.4 Å². The van der Waals surface area contributed by atoms with Gasteiger partial charge in [-0.3, -0.25) is 9.78 Å². The molecule has 1 fully saturated rings. The van der Waals surface area contributed by atoms with Gasteiger partial charge in [0.15, 0.2) is 0 Å². The van der Waals surface area contributed by atoms with Crippen molar-refractivity contribution in [2.75, 3.05) is 36.0 Å². The first-order valence-electron chi connectivity index (χ1n) is 9.44. The van der Waals surface area contributed by atoms with E-state index < -0.39 is 0 Å². The van der Waals surface area contributed by atoms with Crippen molar-refractivity contribution in [2.45, 2.75) is 6.54 Å². The van der Waals surface area contributed by atoms with Crippen LogP contribution in [-0.2, 0) is 6.54 Å². The molecule has 29 heavy (non-hydrogen) atoms. The second kappa shape index (κ2) is 8.64. The number of anilines is 2. The number of carbonyl (C=O) groups is 1. The van der Waals surface area contributed by atoms with Crippen molar-refractivity contribution in [3.63, 3.8) is 0 Å². The Morgan fingerprint density at radius 1 is 0.931 bits per heavy atom. The SMILES string of the molecule is O=C(NCc1ccncc1)c1cnc(N2CCN(c3ccc(F)cc3)CC2)cn1. The number of nitrogens with zero attached hydrogens (tertiary/aromatic N) is 5. The lowest BCUT2D eigenvalue weighted by Crippen LogP contribution is -2.46. The molecule has 8 heteroatoms. The van der Waals surface area contributed by atoms with E-state index in [9.17, 15) is 9.18 Å². The van der Waals surface area contributed by atoms with Gasteiger partial charge < -0.3 is 15.1 Å².